The zero-order valence-electron chi connectivity index (χ0n) is 20.2. The van der Waals surface area contributed by atoms with Crippen molar-refractivity contribution in [2.24, 2.45) is 0 Å². The standard InChI is InChI=1S/C29H31F5O/c1-3-5-6-7-8-9-10-11-18-12-14-19(15-13-18)24-21(4-2)26(32)28(34)29(35)25(24)20-16-22(30)27(33)23(31)17-20/h12-17,35H,3-11H2,1-2H3. The van der Waals surface area contributed by atoms with Gasteiger partial charge in [-0.15, -0.1) is 0 Å². The van der Waals surface area contributed by atoms with Gasteiger partial charge in [0.25, 0.3) is 0 Å². The van der Waals surface area contributed by atoms with Gasteiger partial charge in [0.2, 0.25) is 5.82 Å². The molecule has 1 N–H and O–H groups in total. The van der Waals surface area contributed by atoms with E-state index in [0.29, 0.717) is 17.7 Å². The number of halogens is 5. The summed E-state index contributed by atoms with van der Waals surface area (Å²) >= 11 is 0. The van der Waals surface area contributed by atoms with Crippen LogP contribution in [0.3, 0.4) is 0 Å². The van der Waals surface area contributed by atoms with Gasteiger partial charge in [-0.2, -0.15) is 4.39 Å². The van der Waals surface area contributed by atoms with Crippen molar-refractivity contribution in [1.82, 2.24) is 0 Å². The maximum absolute atomic E-state index is 14.8. The molecule has 0 bridgehead atoms. The highest BCUT2D eigenvalue weighted by atomic mass is 19.2. The van der Waals surface area contributed by atoms with Gasteiger partial charge in [-0.05, 0) is 59.2 Å². The average Bonchev–Trinajstić information content (AvgIpc) is 2.85. The third kappa shape index (κ3) is 6.03. The Labute approximate surface area is 203 Å². The predicted octanol–water partition coefficient (Wildman–Crippen LogP) is 9.28. The van der Waals surface area contributed by atoms with E-state index in [9.17, 15) is 27.1 Å². The van der Waals surface area contributed by atoms with E-state index in [1.54, 1.807) is 19.1 Å². The van der Waals surface area contributed by atoms with Gasteiger partial charge < -0.3 is 5.11 Å². The lowest BCUT2D eigenvalue weighted by atomic mass is 9.87. The highest BCUT2D eigenvalue weighted by Crippen LogP contribution is 2.45. The molecule has 0 atom stereocenters. The second-order valence-corrected chi connectivity index (χ2v) is 8.88. The largest absolute Gasteiger partial charge is 0.504 e. The molecule has 0 aliphatic rings. The van der Waals surface area contributed by atoms with Gasteiger partial charge in [-0.1, -0.05) is 76.6 Å². The summed E-state index contributed by atoms with van der Waals surface area (Å²) in [6, 6.07) is 8.54. The van der Waals surface area contributed by atoms with Crippen molar-refractivity contribution in [1.29, 1.82) is 0 Å². The van der Waals surface area contributed by atoms with Crippen molar-refractivity contribution in [2.45, 2.75) is 71.6 Å². The molecule has 0 radical (unpaired) electrons. The molecule has 1 nitrogen and oxygen atoms in total. The summed E-state index contributed by atoms with van der Waals surface area (Å²) in [5.74, 6) is -8.47. The normalized spacial score (nSPS) is 11.3. The Morgan fingerprint density at radius 3 is 1.77 bits per heavy atom. The number of hydrogen-bond donors (Lipinski definition) is 1. The van der Waals surface area contributed by atoms with Crippen LogP contribution in [-0.4, -0.2) is 5.11 Å². The number of hydrogen-bond acceptors (Lipinski definition) is 1. The predicted molar refractivity (Wildman–Crippen MR) is 130 cm³/mol. The molecular weight excluding hydrogens is 459 g/mol. The van der Waals surface area contributed by atoms with Gasteiger partial charge in [-0.3, -0.25) is 0 Å². The van der Waals surface area contributed by atoms with Gasteiger partial charge in [-0.25, -0.2) is 17.6 Å². The fourth-order valence-corrected chi connectivity index (χ4v) is 4.48. The summed E-state index contributed by atoms with van der Waals surface area (Å²) in [7, 11) is 0. The van der Waals surface area contributed by atoms with Crippen molar-refractivity contribution in [3.05, 3.63) is 76.6 Å². The van der Waals surface area contributed by atoms with Crippen LogP contribution < -0.4 is 0 Å². The molecule has 35 heavy (non-hydrogen) atoms. The van der Waals surface area contributed by atoms with Crippen LogP contribution in [-0.2, 0) is 12.8 Å². The molecule has 6 heteroatoms. The quantitative estimate of drug-likeness (QED) is 0.161. The summed E-state index contributed by atoms with van der Waals surface area (Å²) in [5.41, 5.74) is 1.05. The van der Waals surface area contributed by atoms with Crippen molar-refractivity contribution < 1.29 is 27.1 Å². The van der Waals surface area contributed by atoms with Gasteiger partial charge in [0.15, 0.2) is 29.0 Å². The van der Waals surface area contributed by atoms with Crippen molar-refractivity contribution in [3.8, 4) is 28.0 Å². The van der Waals surface area contributed by atoms with Crippen LogP contribution in [0.2, 0.25) is 0 Å². The summed E-state index contributed by atoms with van der Waals surface area (Å²) in [6.45, 7) is 3.80. The lowest BCUT2D eigenvalue weighted by Crippen LogP contribution is -2.03. The number of unbranched alkanes of at least 4 members (excludes halogenated alkanes) is 6. The molecule has 0 spiro atoms. The van der Waals surface area contributed by atoms with Crippen LogP contribution in [0.15, 0.2) is 36.4 Å². The minimum Gasteiger partial charge on any atom is -0.504 e. The summed E-state index contributed by atoms with van der Waals surface area (Å²) in [4.78, 5) is 0. The summed E-state index contributed by atoms with van der Waals surface area (Å²) in [5, 5.41) is 10.5. The lowest BCUT2D eigenvalue weighted by molar-refractivity contribution is 0.406. The van der Waals surface area contributed by atoms with Crippen molar-refractivity contribution >= 4 is 0 Å². The molecule has 0 fully saturated rings. The monoisotopic (exact) mass is 490 g/mol. The first-order valence-electron chi connectivity index (χ1n) is 12.3. The maximum Gasteiger partial charge on any atom is 0.201 e. The topological polar surface area (TPSA) is 20.2 Å². The Hall–Kier alpha value is -2.89. The zero-order valence-corrected chi connectivity index (χ0v) is 20.2. The fraction of sp³-hybridized carbons (Fsp3) is 0.379. The third-order valence-electron chi connectivity index (χ3n) is 6.39. The van der Waals surface area contributed by atoms with E-state index in [0.717, 1.165) is 24.8 Å². The first-order chi connectivity index (χ1) is 16.8. The number of aryl methyl sites for hydroxylation is 1. The summed E-state index contributed by atoms with van der Waals surface area (Å²) < 4.78 is 70.8. The molecule has 0 aliphatic heterocycles. The number of benzene rings is 3. The molecular formula is C29H31F5O. The smallest absolute Gasteiger partial charge is 0.201 e. The zero-order chi connectivity index (χ0) is 25.5. The van der Waals surface area contributed by atoms with E-state index < -0.39 is 34.8 Å². The second kappa shape index (κ2) is 12.2. The Morgan fingerprint density at radius 1 is 0.629 bits per heavy atom. The van der Waals surface area contributed by atoms with E-state index in [2.05, 4.69) is 6.92 Å². The van der Waals surface area contributed by atoms with Gasteiger partial charge in [0, 0.05) is 5.56 Å². The molecule has 0 unspecified atom stereocenters. The van der Waals surface area contributed by atoms with E-state index >= 15 is 0 Å². The van der Waals surface area contributed by atoms with Gasteiger partial charge >= 0.3 is 0 Å². The Bertz CT molecular complexity index is 1130. The van der Waals surface area contributed by atoms with Gasteiger partial charge in [0.05, 0.1) is 0 Å². The fourth-order valence-electron chi connectivity index (χ4n) is 4.48. The van der Waals surface area contributed by atoms with E-state index in [1.807, 2.05) is 12.1 Å². The highest BCUT2D eigenvalue weighted by molar-refractivity contribution is 5.90. The maximum atomic E-state index is 14.8. The molecule has 0 saturated carbocycles. The third-order valence-corrected chi connectivity index (χ3v) is 6.39. The molecule has 3 aromatic carbocycles. The highest BCUT2D eigenvalue weighted by Gasteiger charge is 2.26. The van der Waals surface area contributed by atoms with Crippen LogP contribution in [0.5, 0.6) is 5.75 Å². The van der Waals surface area contributed by atoms with Gasteiger partial charge in [0.1, 0.15) is 0 Å². The van der Waals surface area contributed by atoms with Crippen LogP contribution in [0.1, 0.15) is 69.9 Å². The first kappa shape index (κ1) is 26.7. The number of aromatic hydroxyl groups is 1. The lowest BCUT2D eigenvalue weighted by Gasteiger charge is -2.19. The number of rotatable bonds is 11. The number of phenols is 1. The molecule has 0 heterocycles. The minimum atomic E-state index is -1.68. The summed E-state index contributed by atoms with van der Waals surface area (Å²) in [6.07, 6.45) is 9.28. The SMILES string of the molecule is CCCCCCCCCc1ccc(-c2c(CC)c(F)c(F)c(O)c2-c2cc(F)c(F)c(F)c2)cc1. The Balaban J connectivity index is 1.95. The van der Waals surface area contributed by atoms with Crippen LogP contribution >= 0.6 is 0 Å². The molecule has 3 rings (SSSR count). The molecule has 0 amide bonds. The van der Waals surface area contributed by atoms with E-state index in [4.69, 9.17) is 0 Å². The molecule has 188 valence electrons. The number of phenolic OH excluding ortho intramolecular Hbond substituents is 1. The Kier molecular flexibility index (Phi) is 9.30. The van der Waals surface area contributed by atoms with E-state index in [-0.39, 0.29) is 28.7 Å². The van der Waals surface area contributed by atoms with Crippen LogP contribution in [0.25, 0.3) is 22.3 Å². The minimum absolute atomic E-state index is 0.0414. The average molecular weight is 491 g/mol. The first-order valence-corrected chi connectivity index (χ1v) is 12.3. The van der Waals surface area contributed by atoms with Crippen molar-refractivity contribution in [2.75, 3.05) is 0 Å². The van der Waals surface area contributed by atoms with Crippen LogP contribution in [0, 0.1) is 29.1 Å². The molecule has 0 aromatic heterocycles. The molecule has 3 aromatic rings. The van der Waals surface area contributed by atoms with Crippen LogP contribution in [0.4, 0.5) is 22.0 Å². The molecule has 0 aliphatic carbocycles. The van der Waals surface area contributed by atoms with E-state index in [1.165, 1.54) is 32.1 Å². The second-order valence-electron chi connectivity index (χ2n) is 8.88. The Morgan fingerprint density at radius 2 is 1.20 bits per heavy atom. The molecule has 0 saturated heterocycles. The van der Waals surface area contributed by atoms with Crippen molar-refractivity contribution in [3.63, 3.8) is 0 Å².